The summed E-state index contributed by atoms with van der Waals surface area (Å²) in [6.45, 7) is 26.2. The van der Waals surface area contributed by atoms with Gasteiger partial charge in [-0.1, -0.05) is 115 Å². The van der Waals surface area contributed by atoms with Crippen molar-refractivity contribution in [1.82, 2.24) is 19.1 Å². The summed E-state index contributed by atoms with van der Waals surface area (Å²) in [6.07, 6.45) is 8.73. The molecule has 20 atom stereocenters. The number of ketones is 3. The van der Waals surface area contributed by atoms with Gasteiger partial charge in [0.05, 0.1) is 132 Å². The highest BCUT2D eigenvalue weighted by molar-refractivity contribution is 6.61. The van der Waals surface area contributed by atoms with Crippen molar-refractivity contribution in [1.29, 1.82) is 0 Å². The lowest BCUT2D eigenvalue weighted by atomic mass is 9.93. The predicted molar refractivity (Wildman–Crippen MR) is 485 cm³/mol. The molecular weight excluding hydrogens is 1770 g/mol. The summed E-state index contributed by atoms with van der Waals surface area (Å²) in [6, 6.07) is 25.0. The van der Waals surface area contributed by atoms with Crippen molar-refractivity contribution in [2.24, 2.45) is 47.2 Å². The molecule has 5 saturated carbocycles. The van der Waals surface area contributed by atoms with Gasteiger partial charge in [0.25, 0.3) is 11.1 Å². The molecule has 0 amide bonds. The Morgan fingerprint density at radius 1 is 0.450 bits per heavy atom. The van der Waals surface area contributed by atoms with Crippen molar-refractivity contribution < 1.29 is 101 Å². The van der Waals surface area contributed by atoms with Crippen molar-refractivity contribution in [3.05, 3.63) is 172 Å². The molecule has 7 heterocycles. The second-order valence-electron chi connectivity index (χ2n) is 36.1. The van der Waals surface area contributed by atoms with Crippen LogP contribution in [0, 0.1) is 41.4 Å². The molecule has 0 spiro atoms. The van der Waals surface area contributed by atoms with Gasteiger partial charge in [0, 0.05) is 80.4 Å². The van der Waals surface area contributed by atoms with Gasteiger partial charge < -0.3 is 101 Å². The monoisotopic (exact) mass is 1890 g/mol. The second kappa shape index (κ2) is 42.1. The summed E-state index contributed by atoms with van der Waals surface area (Å²) in [4.78, 5) is 94.3. The third kappa shape index (κ3) is 23.1. The van der Waals surface area contributed by atoms with Crippen LogP contribution in [0.1, 0.15) is 198 Å². The number of nitrogen functional groups attached to an aromatic ring is 3. The van der Waals surface area contributed by atoms with Crippen LogP contribution in [0.3, 0.4) is 0 Å². The molecular formula is C92H117Cl5N10O22. The number of aliphatic hydroxyl groups is 3. The number of Topliss-reactive ketones (excluding diaryl/α,β-unsaturated/α-hetero) is 3. The molecule has 129 heavy (non-hydrogen) atoms. The Labute approximate surface area is 772 Å². The number of carboxylic acids is 1. The normalized spacial score (nSPS) is 29.5. The van der Waals surface area contributed by atoms with Crippen LogP contribution >= 0.6 is 58.0 Å². The molecule has 17 rings (SSSR count). The number of halogens is 5. The zero-order valence-electron chi connectivity index (χ0n) is 74.6. The van der Waals surface area contributed by atoms with E-state index in [2.05, 4.69) is 33.3 Å². The number of carboxylic acid groups (broad SMARTS) is 1. The quantitative estimate of drug-likeness (QED) is 0.00798. The van der Waals surface area contributed by atoms with Crippen molar-refractivity contribution in [2.45, 2.75) is 263 Å². The molecule has 0 radical (unpaired) electrons. The molecule has 5 aromatic carbocycles. The molecule has 10 fully saturated rings. The summed E-state index contributed by atoms with van der Waals surface area (Å²) in [7, 11) is 0. The number of aromatic nitrogens is 4. The van der Waals surface area contributed by atoms with E-state index in [4.69, 9.17) is 144 Å². The standard InChI is InChI=1S/C18H21ClN2O3.C18H24ClNO3.C17H19ClN2O4.C17H22ClNO4.C9H17NO3.C7H6ClNO2.C6H8N2O3/c1-4-10-8-13(16-15(10)23-18(2,3)24-16)21-9-20-12-7-5-6-11(19)14(12)17(21)22;1-4-10-8-11(17-16(10)22-18(2,3)23-17)9-14(21)15-12(19)6-5-7-13(15)20;1-17(2)23-14-9(7-21)6-12(15(14)24-17)20-8-19-11-5-3-4-10(18)13(11)16(20)22;1-17(2)22-15-9(6-10(8-20)16(15)23-17)7-13(21)14-11(18)4-3-5-12(14)19;1-9(2)12-7-5(4-11)3-6(10)8(7)13-9;8-4-2-1-3-5(9)6(4)7(10)11;1-3-11-6(10)5(8-7)4(2)9/h5-7,9-10,13,15-16H,4,8H2,1-3H3;5-7,10-11,16-17H,4,8-9,20H2,1-3H3;3-5,8-9,12,14-15,21H,6-7H2,1-2H3;3-5,9-10,15-16,20H,6-8,19H2,1-2H3;5-8,11H,3-4,10H2,1-2H3;1-3H,9H2,(H,10,11);3H2,1-2H3/t10-,13+,15+,16-;10-,11-,16+,17-;9-,12-,14-,15+;9-,10+,15-,16+;5-,6-,7-,8+;;/m00101../s1. The molecule has 0 unspecified atom stereocenters. The van der Waals surface area contributed by atoms with Crippen LogP contribution in [0.15, 0.2) is 113 Å². The van der Waals surface area contributed by atoms with E-state index in [0.29, 0.717) is 95.5 Å². The number of esters is 1. The highest BCUT2D eigenvalue weighted by Gasteiger charge is 2.59. The van der Waals surface area contributed by atoms with Crippen molar-refractivity contribution in [2.75, 3.05) is 43.6 Å². The number of nitrogens with two attached hydrogens (primary N) is 4. The van der Waals surface area contributed by atoms with Gasteiger partial charge in [0.2, 0.25) is 5.78 Å². The number of aliphatic hydroxyl groups excluding tert-OH is 3. The minimum atomic E-state index is -1.10. The molecule has 37 heteroatoms. The van der Waals surface area contributed by atoms with Crippen LogP contribution in [0.5, 0.6) is 0 Å². The first-order valence-corrected chi connectivity index (χ1v) is 45.1. The van der Waals surface area contributed by atoms with Crippen LogP contribution in [-0.4, -0.2) is 202 Å². The molecule has 32 nitrogen and oxygen atoms in total. The first kappa shape index (κ1) is 102. The van der Waals surface area contributed by atoms with Gasteiger partial charge in [0.1, 0.15) is 23.9 Å². The molecule has 12 N–H and O–H groups in total. The molecule has 0 bridgehead atoms. The van der Waals surface area contributed by atoms with Crippen LogP contribution in [-0.2, 0) is 61.7 Å². The summed E-state index contributed by atoms with van der Waals surface area (Å²) >= 11 is 30.3. The first-order valence-electron chi connectivity index (χ1n) is 43.2. The molecule has 5 saturated heterocycles. The SMILES string of the molecule is CC1(C)O[C@@H]2[C@@H](CO)C[C@@H](CC(=O)c3c(N)cccc3Cl)[C@@H]2O1.CC1(C)O[C@@H]2[C@@H](CO)C[C@@H](N)[C@@H]2O1.CC1(C)O[C@@H]2[C@@H](CO)C[C@@H](n3cnc4cccc(Cl)c4c3=O)[C@@H]2O1.CCOC(=O)C(=[N+]=[N-])C(C)=O.CC[C@H]1C[C@@H](CC(=O)c2c(N)cccc2Cl)[C@@H]2OC(C)(C)O[C@H]12.CC[C@H]1C[C@@H](n2cnc3cccc(Cl)c3c2=O)[C@@H]2OC(C)(C)O[C@H]12.Nc1cccc(Cl)c1C(=O)O. The number of aromatic carboxylic acids is 1. The molecule has 7 aromatic rings. The summed E-state index contributed by atoms with van der Waals surface area (Å²) in [5.41, 5.74) is 33.3. The van der Waals surface area contributed by atoms with Gasteiger partial charge in [-0.2, -0.15) is 4.79 Å². The lowest BCUT2D eigenvalue weighted by Gasteiger charge is -2.24. The smallest absolute Gasteiger partial charge is 0.441 e. The number of rotatable bonds is 17. The van der Waals surface area contributed by atoms with E-state index >= 15 is 0 Å². The van der Waals surface area contributed by atoms with E-state index in [1.165, 1.54) is 18.5 Å². The van der Waals surface area contributed by atoms with E-state index in [1.807, 2.05) is 69.2 Å². The Hall–Kier alpha value is -8.00. The average Bonchev–Trinajstić information content (AvgIpc) is 1.67. The van der Waals surface area contributed by atoms with Gasteiger partial charge in [-0.05, 0) is 193 Å². The number of carbonyl (C=O) groups is 5. The molecule has 10 aliphatic rings. The number of nitrogens with zero attached hydrogens (tertiary/aromatic N) is 6. The zero-order valence-corrected chi connectivity index (χ0v) is 78.4. The average molecular weight is 1890 g/mol. The van der Waals surface area contributed by atoms with Crippen molar-refractivity contribution in [3.8, 4) is 0 Å². The Morgan fingerprint density at radius 2 is 0.752 bits per heavy atom. The summed E-state index contributed by atoms with van der Waals surface area (Å²) < 4.78 is 67.2. The fraction of sp³-hybridized carbons (Fsp3) is 0.565. The predicted octanol–water partition coefficient (Wildman–Crippen LogP) is 13.6. The number of benzene rings is 5. The van der Waals surface area contributed by atoms with Crippen LogP contribution in [0.25, 0.3) is 27.3 Å². The topological polar surface area (TPSA) is 478 Å². The van der Waals surface area contributed by atoms with Crippen molar-refractivity contribution in [3.63, 3.8) is 0 Å². The van der Waals surface area contributed by atoms with E-state index in [-0.39, 0.29) is 181 Å². The molecule has 5 aliphatic carbocycles. The molecule has 2 aromatic heterocycles. The maximum absolute atomic E-state index is 13.0. The van der Waals surface area contributed by atoms with E-state index < -0.39 is 52.4 Å². The lowest BCUT2D eigenvalue weighted by molar-refractivity contribution is -0.162. The van der Waals surface area contributed by atoms with Gasteiger partial charge in [-0.15, -0.1) is 0 Å². The fourth-order valence-corrected chi connectivity index (χ4v) is 20.6. The Morgan fingerprint density at radius 3 is 1.11 bits per heavy atom. The summed E-state index contributed by atoms with van der Waals surface area (Å²) in [5.74, 6) is -4.88. The van der Waals surface area contributed by atoms with E-state index in [9.17, 15) is 43.8 Å². The van der Waals surface area contributed by atoms with E-state index in [0.717, 1.165) is 39.0 Å². The maximum atomic E-state index is 13.0. The van der Waals surface area contributed by atoms with Gasteiger partial charge >= 0.3 is 17.7 Å². The highest BCUT2D eigenvalue weighted by atomic mass is 35.5. The third-order valence-corrected chi connectivity index (χ3v) is 26.4. The van der Waals surface area contributed by atoms with Crippen LogP contribution < -0.4 is 34.1 Å². The van der Waals surface area contributed by atoms with Gasteiger partial charge in [-0.25, -0.2) is 19.6 Å². The minimum absolute atomic E-state index is 0.00363. The van der Waals surface area contributed by atoms with Crippen LogP contribution in [0.4, 0.5) is 17.1 Å². The second-order valence-corrected chi connectivity index (χ2v) is 38.1. The molecule has 5 aliphatic heterocycles. The minimum Gasteiger partial charge on any atom is -0.478 e. The van der Waals surface area contributed by atoms with Gasteiger partial charge in [-0.3, -0.25) is 33.1 Å². The highest BCUT2D eigenvalue weighted by Crippen LogP contribution is 2.52. The maximum Gasteiger partial charge on any atom is 0.441 e. The fourth-order valence-electron chi connectivity index (χ4n) is 19.2. The lowest BCUT2D eigenvalue weighted by Crippen LogP contribution is -2.34. The third-order valence-electron chi connectivity index (χ3n) is 24.8. The molecule has 702 valence electrons. The number of carbonyl (C=O) groups excluding carboxylic acids is 4. The van der Waals surface area contributed by atoms with E-state index in [1.54, 1.807) is 101 Å². The Bertz CT molecular complexity index is 5110. The number of anilines is 3. The van der Waals surface area contributed by atoms with Gasteiger partial charge in [0.15, 0.2) is 40.5 Å². The number of hydrogen-bond acceptors (Lipinski definition) is 27. The largest absolute Gasteiger partial charge is 0.478 e. The van der Waals surface area contributed by atoms with Crippen LogP contribution in [0.2, 0.25) is 25.1 Å². The Balaban J connectivity index is 0.000000149. The zero-order chi connectivity index (χ0) is 94.6. The van der Waals surface area contributed by atoms with Crippen molar-refractivity contribution >= 4 is 132 Å². The summed E-state index contributed by atoms with van der Waals surface area (Å²) in [5, 5.41) is 39.6. The Kier molecular flexibility index (Phi) is 33.1. The number of ether oxygens (including phenoxy) is 11. The number of fused-ring (bicyclic) bond motifs is 7. The number of hydrogen-bond donors (Lipinski definition) is 8. The first-order chi connectivity index (χ1) is 60.7.